The minimum absolute atomic E-state index is 0.0435. The molecule has 4 heteroatoms. The summed E-state index contributed by atoms with van der Waals surface area (Å²) in [5, 5.41) is 0.610. The Bertz CT molecular complexity index is 567. The Labute approximate surface area is 115 Å². The average Bonchev–Trinajstić information content (AvgIpc) is 2.38. The summed E-state index contributed by atoms with van der Waals surface area (Å²) in [7, 11) is 0. The van der Waals surface area contributed by atoms with E-state index in [1.54, 1.807) is 36.4 Å². The van der Waals surface area contributed by atoms with Crippen LogP contribution in [0.25, 0.3) is 0 Å². The molecule has 2 aromatic carbocycles. The van der Waals surface area contributed by atoms with E-state index in [9.17, 15) is 9.18 Å². The van der Waals surface area contributed by atoms with Gasteiger partial charge in [-0.05, 0) is 42.0 Å². The third-order valence-electron chi connectivity index (χ3n) is 2.50. The van der Waals surface area contributed by atoms with Crippen molar-refractivity contribution in [2.24, 2.45) is 0 Å². The number of benzene rings is 2. The van der Waals surface area contributed by atoms with Gasteiger partial charge in [0.05, 0.1) is 0 Å². The highest BCUT2D eigenvalue weighted by Crippen LogP contribution is 2.15. The van der Waals surface area contributed by atoms with Crippen LogP contribution >= 0.6 is 11.6 Å². The van der Waals surface area contributed by atoms with Crippen LogP contribution in [0, 0.1) is 5.82 Å². The van der Waals surface area contributed by atoms with Crippen LogP contribution < -0.4 is 4.74 Å². The second-order valence-electron chi connectivity index (χ2n) is 4.09. The second-order valence-corrected chi connectivity index (χ2v) is 4.52. The van der Waals surface area contributed by atoms with Crippen LogP contribution in [0.3, 0.4) is 0 Å². The summed E-state index contributed by atoms with van der Waals surface area (Å²) in [4.78, 5) is 11.7. The number of carbonyl (C=O) groups is 1. The highest BCUT2D eigenvalue weighted by Gasteiger charge is 2.06. The molecule has 2 rings (SSSR count). The number of hydrogen-bond acceptors (Lipinski definition) is 2. The van der Waals surface area contributed by atoms with E-state index in [1.165, 1.54) is 12.1 Å². The number of halogens is 2. The van der Waals surface area contributed by atoms with Crippen LogP contribution in [0.4, 0.5) is 4.39 Å². The minimum atomic E-state index is -0.344. The molecular weight excluding hydrogens is 267 g/mol. The summed E-state index contributed by atoms with van der Waals surface area (Å²) in [5.41, 5.74) is 0.643. The molecule has 19 heavy (non-hydrogen) atoms. The molecule has 0 bridgehead atoms. The normalized spacial score (nSPS) is 10.2. The highest BCUT2D eigenvalue weighted by atomic mass is 35.5. The molecule has 0 fully saturated rings. The van der Waals surface area contributed by atoms with Crippen molar-refractivity contribution in [1.29, 1.82) is 0 Å². The molecule has 0 aromatic heterocycles. The zero-order chi connectivity index (χ0) is 13.7. The molecule has 0 radical (unpaired) electrons. The summed E-state index contributed by atoms with van der Waals surface area (Å²) in [6, 6.07) is 12.7. The number of carbonyl (C=O) groups excluding carboxylic acids is 1. The Morgan fingerprint density at radius 1 is 1.16 bits per heavy atom. The SMILES string of the molecule is O=C(COc1ccc(Cl)cc1)Cc1cccc(F)c1. The van der Waals surface area contributed by atoms with E-state index in [2.05, 4.69) is 0 Å². The zero-order valence-corrected chi connectivity index (χ0v) is 10.9. The van der Waals surface area contributed by atoms with Crippen LogP contribution in [0.2, 0.25) is 5.02 Å². The van der Waals surface area contributed by atoms with Crippen molar-refractivity contribution < 1.29 is 13.9 Å². The Morgan fingerprint density at radius 3 is 2.58 bits per heavy atom. The molecule has 98 valence electrons. The van der Waals surface area contributed by atoms with Gasteiger partial charge in [0.15, 0.2) is 5.78 Å². The molecule has 0 atom stereocenters. The number of Topliss-reactive ketones (excluding diaryl/α,β-unsaturated/α-hetero) is 1. The number of hydrogen-bond donors (Lipinski definition) is 0. The van der Waals surface area contributed by atoms with Crippen LogP contribution in [-0.2, 0) is 11.2 Å². The molecule has 0 saturated heterocycles. The predicted molar refractivity (Wildman–Crippen MR) is 72.1 cm³/mol. The fourth-order valence-corrected chi connectivity index (χ4v) is 1.75. The summed E-state index contributed by atoms with van der Waals surface area (Å²) >= 11 is 5.74. The van der Waals surface area contributed by atoms with E-state index in [-0.39, 0.29) is 24.6 Å². The van der Waals surface area contributed by atoms with Crippen LogP contribution in [0.15, 0.2) is 48.5 Å². The number of rotatable bonds is 5. The fourth-order valence-electron chi connectivity index (χ4n) is 1.62. The molecule has 0 amide bonds. The molecule has 0 spiro atoms. The first kappa shape index (κ1) is 13.6. The van der Waals surface area contributed by atoms with Gasteiger partial charge >= 0.3 is 0 Å². The molecule has 0 saturated carbocycles. The van der Waals surface area contributed by atoms with Gasteiger partial charge in [0, 0.05) is 11.4 Å². The van der Waals surface area contributed by atoms with Crippen LogP contribution in [0.5, 0.6) is 5.75 Å². The van der Waals surface area contributed by atoms with E-state index in [4.69, 9.17) is 16.3 Å². The van der Waals surface area contributed by atoms with E-state index >= 15 is 0 Å². The maximum Gasteiger partial charge on any atom is 0.174 e. The van der Waals surface area contributed by atoms with Crippen LogP contribution in [0.1, 0.15) is 5.56 Å². The number of ketones is 1. The predicted octanol–water partition coefficient (Wildman–Crippen LogP) is 3.67. The maximum absolute atomic E-state index is 13.0. The minimum Gasteiger partial charge on any atom is -0.486 e. The van der Waals surface area contributed by atoms with E-state index in [0.717, 1.165) is 0 Å². The van der Waals surface area contributed by atoms with Gasteiger partial charge in [-0.1, -0.05) is 23.7 Å². The van der Waals surface area contributed by atoms with Crippen molar-refractivity contribution in [2.75, 3.05) is 6.61 Å². The molecule has 2 nitrogen and oxygen atoms in total. The van der Waals surface area contributed by atoms with Crippen molar-refractivity contribution >= 4 is 17.4 Å². The standard InChI is InChI=1S/C15H12ClFO2/c16-12-4-6-15(7-5-12)19-10-14(18)9-11-2-1-3-13(17)8-11/h1-8H,9-10H2. The zero-order valence-electron chi connectivity index (χ0n) is 10.1. The van der Waals surface area contributed by atoms with Gasteiger partial charge in [-0.2, -0.15) is 0 Å². The largest absolute Gasteiger partial charge is 0.486 e. The van der Waals surface area contributed by atoms with Gasteiger partial charge in [0.25, 0.3) is 0 Å². The Morgan fingerprint density at radius 2 is 1.89 bits per heavy atom. The molecular formula is C15H12ClFO2. The Balaban J connectivity index is 1.86. The van der Waals surface area contributed by atoms with E-state index < -0.39 is 0 Å². The lowest BCUT2D eigenvalue weighted by Crippen LogP contribution is -2.13. The second kappa shape index (κ2) is 6.34. The van der Waals surface area contributed by atoms with Gasteiger partial charge in [0.1, 0.15) is 18.2 Å². The van der Waals surface area contributed by atoms with Gasteiger partial charge in [-0.15, -0.1) is 0 Å². The lowest BCUT2D eigenvalue weighted by atomic mass is 10.1. The third-order valence-corrected chi connectivity index (χ3v) is 2.76. The smallest absolute Gasteiger partial charge is 0.174 e. The van der Waals surface area contributed by atoms with Gasteiger partial charge in [-0.25, -0.2) is 4.39 Å². The van der Waals surface area contributed by atoms with E-state index in [1.807, 2.05) is 0 Å². The monoisotopic (exact) mass is 278 g/mol. The van der Waals surface area contributed by atoms with Crippen molar-refractivity contribution in [3.05, 3.63) is 64.9 Å². The number of ether oxygens (including phenoxy) is 1. The van der Waals surface area contributed by atoms with Gasteiger partial charge in [-0.3, -0.25) is 4.79 Å². The first-order chi connectivity index (χ1) is 9.13. The molecule has 0 aliphatic carbocycles. The average molecular weight is 279 g/mol. The van der Waals surface area contributed by atoms with Gasteiger partial charge in [0.2, 0.25) is 0 Å². The molecule has 0 aliphatic heterocycles. The molecule has 2 aromatic rings. The highest BCUT2D eigenvalue weighted by molar-refractivity contribution is 6.30. The quantitative estimate of drug-likeness (QED) is 0.834. The Kier molecular flexibility index (Phi) is 4.53. The first-order valence-electron chi connectivity index (χ1n) is 5.78. The molecule has 0 heterocycles. The van der Waals surface area contributed by atoms with E-state index in [0.29, 0.717) is 16.3 Å². The summed E-state index contributed by atoms with van der Waals surface area (Å²) in [5.74, 6) is 0.126. The van der Waals surface area contributed by atoms with Crippen molar-refractivity contribution in [1.82, 2.24) is 0 Å². The first-order valence-corrected chi connectivity index (χ1v) is 6.16. The molecule has 0 unspecified atom stereocenters. The van der Waals surface area contributed by atoms with Crippen LogP contribution in [-0.4, -0.2) is 12.4 Å². The fraction of sp³-hybridized carbons (Fsp3) is 0.133. The molecule has 0 N–H and O–H groups in total. The van der Waals surface area contributed by atoms with Gasteiger partial charge < -0.3 is 4.74 Å². The lowest BCUT2D eigenvalue weighted by molar-refractivity contribution is -0.120. The lowest BCUT2D eigenvalue weighted by Gasteiger charge is -2.05. The summed E-state index contributed by atoms with van der Waals surface area (Å²) in [6.07, 6.45) is 0.158. The van der Waals surface area contributed by atoms with Crippen molar-refractivity contribution in [2.45, 2.75) is 6.42 Å². The Hall–Kier alpha value is -1.87. The maximum atomic E-state index is 13.0. The summed E-state index contributed by atoms with van der Waals surface area (Å²) in [6.45, 7) is -0.0435. The summed E-state index contributed by atoms with van der Waals surface area (Å²) < 4.78 is 18.3. The molecule has 0 aliphatic rings. The van der Waals surface area contributed by atoms with Crippen molar-refractivity contribution in [3.8, 4) is 5.75 Å². The van der Waals surface area contributed by atoms with Crippen molar-refractivity contribution in [3.63, 3.8) is 0 Å². The third kappa shape index (κ3) is 4.38. The topological polar surface area (TPSA) is 26.3 Å².